The summed E-state index contributed by atoms with van der Waals surface area (Å²) in [5.74, 6) is 0.750. The minimum Gasteiger partial charge on any atom is -0.490 e. The summed E-state index contributed by atoms with van der Waals surface area (Å²) in [4.78, 5) is 0. The molecule has 0 saturated heterocycles. The number of nitriles is 2. The summed E-state index contributed by atoms with van der Waals surface area (Å²) in [6.45, 7) is 3.96. The second-order valence-corrected chi connectivity index (χ2v) is 6.22. The fourth-order valence-electron chi connectivity index (χ4n) is 2.83. The van der Waals surface area contributed by atoms with Crippen LogP contribution >= 0.6 is 0 Å². The van der Waals surface area contributed by atoms with E-state index in [1.807, 2.05) is 56.3 Å². The van der Waals surface area contributed by atoms with Crippen LogP contribution < -0.4 is 4.74 Å². The highest BCUT2D eigenvalue weighted by atomic mass is 16.5. The molecule has 3 aromatic carbocycles. The fourth-order valence-corrected chi connectivity index (χ4v) is 2.83. The smallest absolute Gasteiger partial charge is 0.127 e. The summed E-state index contributed by atoms with van der Waals surface area (Å²) in [6, 6.07) is 23.4. The summed E-state index contributed by atoms with van der Waals surface area (Å²) in [6.07, 6.45) is 1.89. The average molecular weight is 338 g/mol. The van der Waals surface area contributed by atoms with Crippen molar-refractivity contribution in [1.29, 1.82) is 10.5 Å². The van der Waals surface area contributed by atoms with Crippen molar-refractivity contribution in [1.82, 2.24) is 0 Å². The van der Waals surface area contributed by atoms with Gasteiger partial charge in [-0.25, -0.2) is 0 Å². The van der Waals surface area contributed by atoms with Crippen LogP contribution in [-0.2, 0) is 0 Å². The molecule has 0 aliphatic carbocycles. The number of hydrogen-bond acceptors (Lipinski definition) is 3. The number of allylic oxidation sites excluding steroid dienone is 1. The molecule has 3 heteroatoms. The number of rotatable bonds is 4. The molecule has 0 N–H and O–H groups in total. The minimum absolute atomic E-state index is 0.0313. The third-order valence-corrected chi connectivity index (χ3v) is 4.03. The molecule has 126 valence electrons. The normalized spacial score (nSPS) is 11.2. The van der Waals surface area contributed by atoms with Crippen LogP contribution in [0.25, 0.3) is 22.4 Å². The van der Waals surface area contributed by atoms with Crippen molar-refractivity contribution in [3.8, 4) is 17.9 Å². The lowest BCUT2D eigenvalue weighted by Gasteiger charge is -2.15. The standard InChI is InChI=1S/C23H18N2O/c1-16(2)26-23-12-11-19-5-3-4-6-21(19)22(23)13-20(15-25)18-9-7-17(14-24)8-10-18/h3-13,16H,1-2H3/b20-13+. The molecule has 0 amide bonds. The molecule has 0 radical (unpaired) electrons. The van der Waals surface area contributed by atoms with Gasteiger partial charge in [0.2, 0.25) is 0 Å². The van der Waals surface area contributed by atoms with E-state index in [4.69, 9.17) is 10.00 Å². The lowest BCUT2D eigenvalue weighted by Crippen LogP contribution is -2.06. The van der Waals surface area contributed by atoms with Gasteiger partial charge in [-0.2, -0.15) is 10.5 Å². The molecule has 26 heavy (non-hydrogen) atoms. The second kappa shape index (κ2) is 7.55. The van der Waals surface area contributed by atoms with Gasteiger partial charge in [-0.05, 0) is 54.5 Å². The molecular weight excluding hydrogens is 320 g/mol. The highest BCUT2D eigenvalue weighted by Gasteiger charge is 2.11. The van der Waals surface area contributed by atoms with Crippen LogP contribution in [0, 0.1) is 22.7 Å². The Labute approximate surface area is 153 Å². The molecule has 3 aromatic rings. The topological polar surface area (TPSA) is 56.8 Å². The fraction of sp³-hybridized carbons (Fsp3) is 0.130. The van der Waals surface area contributed by atoms with Crippen molar-refractivity contribution in [2.75, 3.05) is 0 Å². The van der Waals surface area contributed by atoms with Gasteiger partial charge in [-0.3, -0.25) is 0 Å². The van der Waals surface area contributed by atoms with Crippen molar-refractivity contribution in [2.45, 2.75) is 20.0 Å². The van der Waals surface area contributed by atoms with E-state index in [2.05, 4.69) is 12.1 Å². The van der Waals surface area contributed by atoms with Crippen molar-refractivity contribution in [2.24, 2.45) is 0 Å². The molecule has 0 fully saturated rings. The Balaban J connectivity index is 2.19. The van der Waals surface area contributed by atoms with Gasteiger partial charge in [0.25, 0.3) is 0 Å². The highest BCUT2D eigenvalue weighted by molar-refractivity contribution is 6.00. The SMILES string of the molecule is CC(C)Oc1ccc2ccccc2c1/C=C(\C#N)c1ccc(C#N)cc1. The molecule has 3 rings (SSSR count). The zero-order valence-corrected chi connectivity index (χ0v) is 14.7. The van der Waals surface area contributed by atoms with Crippen LogP contribution in [0.5, 0.6) is 5.75 Å². The summed E-state index contributed by atoms with van der Waals surface area (Å²) < 4.78 is 5.97. The van der Waals surface area contributed by atoms with Gasteiger partial charge in [0.15, 0.2) is 0 Å². The van der Waals surface area contributed by atoms with Crippen LogP contribution in [0.15, 0.2) is 60.7 Å². The molecule has 0 bridgehead atoms. The second-order valence-electron chi connectivity index (χ2n) is 6.22. The Morgan fingerprint density at radius 3 is 2.35 bits per heavy atom. The first-order chi connectivity index (χ1) is 12.6. The lowest BCUT2D eigenvalue weighted by molar-refractivity contribution is 0.242. The molecule has 0 aromatic heterocycles. The van der Waals surface area contributed by atoms with Crippen molar-refractivity contribution in [3.05, 3.63) is 77.4 Å². The van der Waals surface area contributed by atoms with E-state index in [1.54, 1.807) is 24.3 Å². The Hall–Kier alpha value is -3.56. The van der Waals surface area contributed by atoms with Crippen molar-refractivity contribution >= 4 is 22.4 Å². The number of ether oxygens (including phenoxy) is 1. The molecule has 0 atom stereocenters. The van der Waals surface area contributed by atoms with E-state index in [0.29, 0.717) is 11.1 Å². The first-order valence-electron chi connectivity index (χ1n) is 8.43. The van der Waals surface area contributed by atoms with Gasteiger partial charge in [0.1, 0.15) is 5.75 Å². The Morgan fingerprint density at radius 2 is 1.69 bits per heavy atom. The Bertz CT molecular complexity index is 1050. The molecule has 3 nitrogen and oxygen atoms in total. The number of fused-ring (bicyclic) bond motifs is 1. The number of benzene rings is 3. The lowest BCUT2D eigenvalue weighted by atomic mass is 9.98. The Kier molecular flexibility index (Phi) is 5.02. The highest BCUT2D eigenvalue weighted by Crippen LogP contribution is 2.32. The van der Waals surface area contributed by atoms with E-state index in [9.17, 15) is 5.26 Å². The van der Waals surface area contributed by atoms with E-state index >= 15 is 0 Å². The molecule has 0 aliphatic heterocycles. The average Bonchev–Trinajstić information content (AvgIpc) is 2.67. The zero-order valence-electron chi connectivity index (χ0n) is 14.7. The maximum Gasteiger partial charge on any atom is 0.127 e. The predicted octanol–water partition coefficient (Wildman–Crippen LogP) is 5.56. The van der Waals surface area contributed by atoms with Crippen LogP contribution in [0.3, 0.4) is 0 Å². The maximum atomic E-state index is 9.69. The molecule has 0 saturated carbocycles. The summed E-state index contributed by atoms with van der Waals surface area (Å²) in [7, 11) is 0. The predicted molar refractivity (Wildman–Crippen MR) is 104 cm³/mol. The summed E-state index contributed by atoms with van der Waals surface area (Å²) in [5, 5.41) is 20.8. The largest absolute Gasteiger partial charge is 0.490 e. The van der Waals surface area contributed by atoms with Crippen LogP contribution in [0.1, 0.15) is 30.5 Å². The van der Waals surface area contributed by atoms with Crippen LogP contribution in [-0.4, -0.2) is 6.10 Å². The number of nitrogens with zero attached hydrogens (tertiary/aromatic N) is 2. The van der Waals surface area contributed by atoms with Gasteiger partial charge in [-0.15, -0.1) is 0 Å². The van der Waals surface area contributed by atoms with Crippen LogP contribution in [0.2, 0.25) is 0 Å². The van der Waals surface area contributed by atoms with E-state index in [0.717, 1.165) is 27.6 Å². The van der Waals surface area contributed by atoms with E-state index in [-0.39, 0.29) is 6.10 Å². The van der Waals surface area contributed by atoms with Crippen LogP contribution in [0.4, 0.5) is 0 Å². The first-order valence-corrected chi connectivity index (χ1v) is 8.43. The van der Waals surface area contributed by atoms with Gasteiger partial charge < -0.3 is 4.74 Å². The molecule has 0 spiro atoms. The number of hydrogen-bond donors (Lipinski definition) is 0. The van der Waals surface area contributed by atoms with Gasteiger partial charge in [0, 0.05) is 5.56 Å². The third-order valence-electron chi connectivity index (χ3n) is 4.03. The quantitative estimate of drug-likeness (QED) is 0.462. The van der Waals surface area contributed by atoms with E-state index < -0.39 is 0 Å². The van der Waals surface area contributed by atoms with Gasteiger partial charge in [0.05, 0.1) is 29.4 Å². The Morgan fingerprint density at radius 1 is 0.962 bits per heavy atom. The van der Waals surface area contributed by atoms with Gasteiger partial charge >= 0.3 is 0 Å². The zero-order chi connectivity index (χ0) is 18.5. The summed E-state index contributed by atoms with van der Waals surface area (Å²) >= 11 is 0. The summed E-state index contributed by atoms with van der Waals surface area (Å²) in [5.41, 5.74) is 2.76. The molecule has 0 heterocycles. The van der Waals surface area contributed by atoms with E-state index in [1.165, 1.54) is 0 Å². The first kappa shape index (κ1) is 17.3. The third kappa shape index (κ3) is 3.58. The molecule has 0 unspecified atom stereocenters. The maximum absolute atomic E-state index is 9.69. The monoisotopic (exact) mass is 338 g/mol. The molecular formula is C23H18N2O. The molecule has 0 aliphatic rings. The minimum atomic E-state index is 0.0313. The van der Waals surface area contributed by atoms with Crippen molar-refractivity contribution < 1.29 is 4.74 Å². The van der Waals surface area contributed by atoms with Gasteiger partial charge in [-0.1, -0.05) is 42.5 Å². The van der Waals surface area contributed by atoms with Crippen molar-refractivity contribution in [3.63, 3.8) is 0 Å².